The first kappa shape index (κ1) is 20.6. The van der Waals surface area contributed by atoms with E-state index in [1.54, 1.807) is 25.1 Å². The van der Waals surface area contributed by atoms with Gasteiger partial charge in [0, 0.05) is 23.5 Å². The van der Waals surface area contributed by atoms with E-state index in [9.17, 15) is 22.8 Å². The predicted octanol–water partition coefficient (Wildman–Crippen LogP) is 4.16. The summed E-state index contributed by atoms with van der Waals surface area (Å²) in [4.78, 5) is 23.8. The van der Waals surface area contributed by atoms with Crippen LogP contribution < -0.4 is 16.0 Å². The molecule has 0 aliphatic carbocycles. The van der Waals surface area contributed by atoms with E-state index in [0.717, 1.165) is 12.1 Å². The first-order chi connectivity index (χ1) is 12.7. The van der Waals surface area contributed by atoms with E-state index < -0.39 is 22.7 Å². The standard InChI is InChI=1S/C18H17ClF3N3O2/c1-2-23-17(27)11-4-3-5-13(8-11)25-16(26)10-24-12-6-7-15(19)14(9-12)18(20,21)22/h3-9,24H,2,10H2,1H3,(H,23,27)(H,25,26). The number of amides is 2. The molecule has 2 rings (SSSR count). The minimum atomic E-state index is -4.59. The molecule has 0 radical (unpaired) electrons. The average molecular weight is 400 g/mol. The Balaban J connectivity index is 1.99. The quantitative estimate of drug-likeness (QED) is 0.683. The van der Waals surface area contributed by atoms with Gasteiger partial charge in [-0.2, -0.15) is 13.2 Å². The van der Waals surface area contributed by atoms with Gasteiger partial charge in [0.2, 0.25) is 5.91 Å². The largest absolute Gasteiger partial charge is 0.417 e. The maximum atomic E-state index is 12.8. The molecule has 5 nitrogen and oxygen atoms in total. The summed E-state index contributed by atoms with van der Waals surface area (Å²) in [5.41, 5.74) is -0.0880. The van der Waals surface area contributed by atoms with Crippen LogP contribution in [0.15, 0.2) is 42.5 Å². The lowest BCUT2D eigenvalue weighted by molar-refractivity contribution is -0.137. The summed E-state index contributed by atoms with van der Waals surface area (Å²) in [6, 6.07) is 9.62. The smallest absolute Gasteiger partial charge is 0.376 e. The first-order valence-electron chi connectivity index (χ1n) is 7.99. The zero-order chi connectivity index (χ0) is 20.0. The van der Waals surface area contributed by atoms with Gasteiger partial charge in [0.05, 0.1) is 17.1 Å². The second-order valence-electron chi connectivity index (χ2n) is 5.53. The second-order valence-corrected chi connectivity index (χ2v) is 5.94. The normalized spacial score (nSPS) is 11.0. The van der Waals surface area contributed by atoms with E-state index in [0.29, 0.717) is 17.8 Å². The van der Waals surface area contributed by atoms with Gasteiger partial charge in [-0.1, -0.05) is 17.7 Å². The highest BCUT2D eigenvalue weighted by atomic mass is 35.5. The van der Waals surface area contributed by atoms with Crippen molar-refractivity contribution >= 4 is 34.8 Å². The lowest BCUT2D eigenvalue weighted by atomic mass is 10.2. The van der Waals surface area contributed by atoms with E-state index in [4.69, 9.17) is 11.6 Å². The molecule has 0 atom stereocenters. The van der Waals surface area contributed by atoms with Gasteiger partial charge in [0.15, 0.2) is 0 Å². The van der Waals surface area contributed by atoms with E-state index in [1.807, 2.05) is 0 Å². The molecule has 0 saturated carbocycles. The van der Waals surface area contributed by atoms with Gasteiger partial charge in [-0.05, 0) is 43.3 Å². The Morgan fingerprint density at radius 1 is 1.07 bits per heavy atom. The van der Waals surface area contributed by atoms with Crippen LogP contribution in [-0.2, 0) is 11.0 Å². The summed E-state index contributed by atoms with van der Waals surface area (Å²) in [5, 5.41) is 7.42. The van der Waals surface area contributed by atoms with Crippen molar-refractivity contribution in [3.8, 4) is 0 Å². The van der Waals surface area contributed by atoms with Gasteiger partial charge < -0.3 is 16.0 Å². The maximum absolute atomic E-state index is 12.8. The van der Waals surface area contributed by atoms with Crippen molar-refractivity contribution in [2.45, 2.75) is 13.1 Å². The molecule has 9 heteroatoms. The predicted molar refractivity (Wildman–Crippen MR) is 98.0 cm³/mol. The number of halogens is 4. The number of rotatable bonds is 6. The van der Waals surface area contributed by atoms with Gasteiger partial charge in [-0.3, -0.25) is 9.59 Å². The summed E-state index contributed by atoms with van der Waals surface area (Å²) in [7, 11) is 0. The fraction of sp³-hybridized carbons (Fsp3) is 0.222. The van der Waals surface area contributed by atoms with Crippen LogP contribution in [0.4, 0.5) is 24.5 Å². The van der Waals surface area contributed by atoms with Crippen molar-refractivity contribution in [3.05, 3.63) is 58.6 Å². The molecule has 0 aliphatic heterocycles. The minimum Gasteiger partial charge on any atom is -0.376 e. The number of benzene rings is 2. The third-order valence-electron chi connectivity index (χ3n) is 3.47. The highest BCUT2D eigenvalue weighted by Gasteiger charge is 2.33. The van der Waals surface area contributed by atoms with Crippen LogP contribution in [-0.4, -0.2) is 24.9 Å². The summed E-state index contributed by atoms with van der Waals surface area (Å²) in [6.07, 6.45) is -4.59. The second kappa shape index (κ2) is 8.77. The summed E-state index contributed by atoms with van der Waals surface area (Å²) in [6.45, 7) is 2.00. The number of nitrogens with one attached hydrogen (secondary N) is 3. The van der Waals surface area contributed by atoms with Crippen LogP contribution in [0.2, 0.25) is 5.02 Å². The topological polar surface area (TPSA) is 70.2 Å². The maximum Gasteiger partial charge on any atom is 0.417 e. The molecule has 0 saturated heterocycles. The monoisotopic (exact) mass is 399 g/mol. The third kappa shape index (κ3) is 5.89. The fourth-order valence-electron chi connectivity index (χ4n) is 2.24. The highest BCUT2D eigenvalue weighted by molar-refractivity contribution is 6.31. The number of anilines is 2. The summed E-state index contributed by atoms with van der Waals surface area (Å²) >= 11 is 5.55. The van der Waals surface area contributed by atoms with Crippen molar-refractivity contribution < 1.29 is 22.8 Å². The highest BCUT2D eigenvalue weighted by Crippen LogP contribution is 2.36. The van der Waals surface area contributed by atoms with Gasteiger partial charge in [0.25, 0.3) is 5.91 Å². The molecule has 0 spiro atoms. The van der Waals surface area contributed by atoms with Crippen LogP contribution >= 0.6 is 11.6 Å². The summed E-state index contributed by atoms with van der Waals surface area (Å²) in [5.74, 6) is -0.751. The number of hydrogen-bond donors (Lipinski definition) is 3. The molecule has 144 valence electrons. The number of carbonyl (C=O) groups is 2. The van der Waals surface area contributed by atoms with Crippen molar-refractivity contribution in [2.24, 2.45) is 0 Å². The molecule has 3 N–H and O–H groups in total. The van der Waals surface area contributed by atoms with Gasteiger partial charge >= 0.3 is 6.18 Å². The van der Waals surface area contributed by atoms with Crippen molar-refractivity contribution in [1.29, 1.82) is 0 Å². The molecule has 0 heterocycles. The van der Waals surface area contributed by atoms with Crippen LogP contribution in [0.1, 0.15) is 22.8 Å². The van der Waals surface area contributed by atoms with Crippen molar-refractivity contribution in [3.63, 3.8) is 0 Å². The minimum absolute atomic E-state index is 0.109. The molecule has 0 bridgehead atoms. The molecule has 0 aliphatic rings. The zero-order valence-corrected chi connectivity index (χ0v) is 15.0. The van der Waals surface area contributed by atoms with E-state index in [-0.39, 0.29) is 18.1 Å². The van der Waals surface area contributed by atoms with Gasteiger partial charge in [0.1, 0.15) is 0 Å². The lowest BCUT2D eigenvalue weighted by Crippen LogP contribution is -2.24. The van der Waals surface area contributed by atoms with E-state index in [2.05, 4.69) is 16.0 Å². The van der Waals surface area contributed by atoms with Crippen LogP contribution in [0.5, 0.6) is 0 Å². The first-order valence-corrected chi connectivity index (χ1v) is 8.37. The molecule has 2 aromatic rings. The third-order valence-corrected chi connectivity index (χ3v) is 3.80. The molecule has 0 unspecified atom stereocenters. The molecule has 2 amide bonds. The molecule has 0 fully saturated rings. The van der Waals surface area contributed by atoms with E-state index in [1.165, 1.54) is 12.1 Å². The Kier molecular flexibility index (Phi) is 6.68. The van der Waals surface area contributed by atoms with Crippen LogP contribution in [0.3, 0.4) is 0 Å². The Morgan fingerprint density at radius 3 is 2.48 bits per heavy atom. The van der Waals surface area contributed by atoms with Gasteiger partial charge in [-0.15, -0.1) is 0 Å². The molecule has 27 heavy (non-hydrogen) atoms. The number of carbonyl (C=O) groups excluding carboxylic acids is 2. The van der Waals surface area contributed by atoms with Crippen LogP contribution in [0, 0.1) is 0 Å². The fourth-order valence-corrected chi connectivity index (χ4v) is 2.47. The number of hydrogen-bond acceptors (Lipinski definition) is 3. The Labute approximate surface area is 158 Å². The Hall–Kier alpha value is -2.74. The SMILES string of the molecule is CCNC(=O)c1cccc(NC(=O)CNc2ccc(Cl)c(C(F)(F)F)c2)c1. The zero-order valence-electron chi connectivity index (χ0n) is 14.3. The van der Waals surface area contributed by atoms with Crippen molar-refractivity contribution in [2.75, 3.05) is 23.7 Å². The number of alkyl halides is 3. The summed E-state index contributed by atoms with van der Waals surface area (Å²) < 4.78 is 38.5. The molecule has 0 aromatic heterocycles. The van der Waals surface area contributed by atoms with Crippen LogP contribution in [0.25, 0.3) is 0 Å². The molecule has 2 aromatic carbocycles. The lowest BCUT2D eigenvalue weighted by Gasteiger charge is -2.12. The average Bonchev–Trinajstić information content (AvgIpc) is 2.60. The Bertz CT molecular complexity index is 841. The van der Waals surface area contributed by atoms with E-state index >= 15 is 0 Å². The van der Waals surface area contributed by atoms with Gasteiger partial charge in [-0.25, -0.2) is 0 Å². The molecular weight excluding hydrogens is 383 g/mol. The Morgan fingerprint density at radius 2 is 1.81 bits per heavy atom. The van der Waals surface area contributed by atoms with Crippen molar-refractivity contribution in [1.82, 2.24) is 5.32 Å². The molecular formula is C18H17ClF3N3O2.